The summed E-state index contributed by atoms with van der Waals surface area (Å²) in [7, 11) is 0. The highest BCUT2D eigenvalue weighted by Gasteiger charge is 2.19. The fraction of sp³-hybridized carbons (Fsp3) is 0.773. The van der Waals surface area contributed by atoms with Gasteiger partial charge in [0.1, 0.15) is 13.2 Å². The average Bonchev–Trinajstić information content (AvgIpc) is 3.47. The highest BCUT2D eigenvalue weighted by Crippen LogP contribution is 2.17. The smallest absolute Gasteiger partial charge is 0.306 e. The first-order valence-corrected chi connectivity index (χ1v) is 35.1. The van der Waals surface area contributed by atoms with E-state index in [1.54, 1.807) is 0 Å². The van der Waals surface area contributed by atoms with Crippen LogP contribution in [0, 0.1) is 0 Å². The summed E-state index contributed by atoms with van der Waals surface area (Å²) in [5.41, 5.74) is 0. The van der Waals surface area contributed by atoms with Gasteiger partial charge >= 0.3 is 17.9 Å². The molecule has 0 rings (SSSR count). The van der Waals surface area contributed by atoms with Gasteiger partial charge in [0, 0.05) is 19.3 Å². The standard InChI is InChI=1S/C75H132O6/c1-4-7-10-13-16-19-22-25-28-31-34-35-36-37-38-39-40-41-42-45-47-50-53-56-59-62-65-68-74(77)80-71-72(81-75(78)69-66-63-60-57-54-51-48-44-33-30-27-24-21-18-15-12-9-6-3)70-79-73(76)67-64-61-58-55-52-49-46-43-32-29-26-23-20-17-14-11-8-5-2/h7,10,16,19,25,28-30,32-35,37-38,72H,4-6,8-9,11-15,17-18,20-24,26-27,31,36,39-71H2,1-3H3/b10-7-,19-16-,28-25-,32-29-,33-30-,35-34-,38-37-. The predicted molar refractivity (Wildman–Crippen MR) is 353 cm³/mol. The predicted octanol–water partition coefficient (Wildman–Crippen LogP) is 24.2. The zero-order valence-corrected chi connectivity index (χ0v) is 53.8. The quantitative estimate of drug-likeness (QED) is 0.0261. The van der Waals surface area contributed by atoms with Crippen LogP contribution in [0.1, 0.15) is 355 Å². The van der Waals surface area contributed by atoms with Gasteiger partial charge < -0.3 is 14.2 Å². The molecule has 0 amide bonds. The molecular formula is C75H132O6. The van der Waals surface area contributed by atoms with Gasteiger partial charge in [-0.2, -0.15) is 0 Å². The summed E-state index contributed by atoms with van der Waals surface area (Å²) in [5, 5.41) is 0. The van der Waals surface area contributed by atoms with Gasteiger partial charge in [-0.15, -0.1) is 0 Å². The first kappa shape index (κ1) is 77.6. The first-order chi connectivity index (χ1) is 40.0. The third-order valence-electron chi connectivity index (χ3n) is 15.4. The minimum atomic E-state index is -0.783. The Morgan fingerprint density at radius 3 is 0.765 bits per heavy atom. The topological polar surface area (TPSA) is 78.9 Å². The van der Waals surface area contributed by atoms with E-state index in [0.29, 0.717) is 19.3 Å². The SMILES string of the molecule is CC/C=C\C/C=C\C/C=C\C/C=C\C/C=C\CCCCCCCCCCCCCC(=O)OCC(COC(=O)CCCCCCCCC/C=C\CCCCCCCCC)OC(=O)CCCCCCCCC/C=C\CCCCCCCCC. The van der Waals surface area contributed by atoms with Gasteiger partial charge in [0.05, 0.1) is 0 Å². The fourth-order valence-electron chi connectivity index (χ4n) is 10.1. The molecule has 1 atom stereocenters. The van der Waals surface area contributed by atoms with E-state index < -0.39 is 6.10 Å². The monoisotopic (exact) mass is 1130 g/mol. The van der Waals surface area contributed by atoms with Crippen molar-refractivity contribution in [2.45, 2.75) is 361 Å². The van der Waals surface area contributed by atoms with Crippen LogP contribution in [-0.2, 0) is 28.6 Å². The van der Waals surface area contributed by atoms with E-state index in [9.17, 15) is 14.4 Å². The van der Waals surface area contributed by atoms with E-state index in [4.69, 9.17) is 14.2 Å². The Morgan fingerprint density at radius 1 is 0.259 bits per heavy atom. The van der Waals surface area contributed by atoms with Gasteiger partial charge in [-0.05, 0) is 116 Å². The molecule has 0 fully saturated rings. The van der Waals surface area contributed by atoms with E-state index >= 15 is 0 Å². The van der Waals surface area contributed by atoms with Gasteiger partial charge in [-0.3, -0.25) is 14.4 Å². The maximum Gasteiger partial charge on any atom is 0.306 e. The van der Waals surface area contributed by atoms with Crippen molar-refractivity contribution in [3.63, 3.8) is 0 Å². The zero-order chi connectivity index (χ0) is 58.5. The Balaban J connectivity index is 4.34. The largest absolute Gasteiger partial charge is 0.462 e. The Bertz CT molecular complexity index is 1530. The lowest BCUT2D eigenvalue weighted by Crippen LogP contribution is -2.30. The van der Waals surface area contributed by atoms with Crippen LogP contribution in [0.4, 0.5) is 0 Å². The molecule has 1 unspecified atom stereocenters. The van der Waals surface area contributed by atoms with Crippen LogP contribution >= 0.6 is 0 Å². The molecule has 0 aliphatic carbocycles. The summed E-state index contributed by atoms with van der Waals surface area (Å²) in [6.07, 6.45) is 91.7. The lowest BCUT2D eigenvalue weighted by molar-refractivity contribution is -0.167. The second-order valence-corrected chi connectivity index (χ2v) is 23.4. The average molecular weight is 1130 g/mol. The van der Waals surface area contributed by atoms with Gasteiger partial charge in [0.25, 0.3) is 0 Å². The van der Waals surface area contributed by atoms with Crippen molar-refractivity contribution in [3.05, 3.63) is 85.1 Å². The Labute approximate surface area is 503 Å². The third-order valence-corrected chi connectivity index (χ3v) is 15.4. The molecule has 6 heteroatoms. The molecule has 0 aromatic rings. The van der Waals surface area contributed by atoms with Gasteiger partial charge in [0.2, 0.25) is 0 Å². The lowest BCUT2D eigenvalue weighted by atomic mass is 10.0. The molecular weight excluding hydrogens is 997 g/mol. The highest BCUT2D eigenvalue weighted by atomic mass is 16.6. The van der Waals surface area contributed by atoms with Crippen molar-refractivity contribution in [2.75, 3.05) is 13.2 Å². The lowest BCUT2D eigenvalue weighted by Gasteiger charge is -2.18. The highest BCUT2D eigenvalue weighted by molar-refractivity contribution is 5.71. The molecule has 468 valence electrons. The minimum Gasteiger partial charge on any atom is -0.462 e. The van der Waals surface area contributed by atoms with E-state index in [1.807, 2.05) is 0 Å². The van der Waals surface area contributed by atoms with Crippen LogP contribution in [0.3, 0.4) is 0 Å². The summed E-state index contributed by atoms with van der Waals surface area (Å²) in [6.45, 7) is 6.56. The Morgan fingerprint density at radius 2 is 0.481 bits per heavy atom. The van der Waals surface area contributed by atoms with Crippen LogP contribution in [0.15, 0.2) is 85.1 Å². The van der Waals surface area contributed by atoms with Gasteiger partial charge in [0.15, 0.2) is 6.10 Å². The van der Waals surface area contributed by atoms with Crippen LogP contribution in [0.25, 0.3) is 0 Å². The van der Waals surface area contributed by atoms with Crippen LogP contribution in [0.5, 0.6) is 0 Å². The molecule has 0 aromatic heterocycles. The van der Waals surface area contributed by atoms with Crippen LogP contribution in [-0.4, -0.2) is 37.2 Å². The second kappa shape index (κ2) is 69.1. The number of hydrogen-bond acceptors (Lipinski definition) is 6. The summed E-state index contributed by atoms with van der Waals surface area (Å²) in [5.74, 6) is -0.871. The van der Waals surface area contributed by atoms with E-state index in [0.717, 1.165) is 89.9 Å². The van der Waals surface area contributed by atoms with Crippen molar-refractivity contribution < 1.29 is 28.6 Å². The number of unbranched alkanes of at least 4 members (excludes halogenated alkanes) is 39. The van der Waals surface area contributed by atoms with Crippen molar-refractivity contribution >= 4 is 17.9 Å². The van der Waals surface area contributed by atoms with E-state index in [-0.39, 0.29) is 31.1 Å². The summed E-state index contributed by atoms with van der Waals surface area (Å²) < 4.78 is 17.0. The van der Waals surface area contributed by atoms with Crippen molar-refractivity contribution in [2.24, 2.45) is 0 Å². The Hall–Kier alpha value is -3.41. The number of ether oxygens (including phenoxy) is 3. The van der Waals surface area contributed by atoms with Crippen molar-refractivity contribution in [1.29, 1.82) is 0 Å². The van der Waals surface area contributed by atoms with Gasteiger partial charge in [-0.25, -0.2) is 0 Å². The number of esters is 3. The minimum absolute atomic E-state index is 0.0786. The maximum absolute atomic E-state index is 13.0. The number of allylic oxidation sites excluding steroid dienone is 14. The van der Waals surface area contributed by atoms with Crippen molar-refractivity contribution in [3.8, 4) is 0 Å². The summed E-state index contributed by atoms with van der Waals surface area (Å²) >= 11 is 0. The molecule has 0 aliphatic rings. The molecule has 0 bridgehead atoms. The molecule has 0 saturated carbocycles. The molecule has 0 spiro atoms. The van der Waals surface area contributed by atoms with E-state index in [1.165, 1.54) is 225 Å². The molecule has 0 saturated heterocycles. The molecule has 6 nitrogen and oxygen atoms in total. The molecule has 0 aromatic carbocycles. The number of carbonyl (C=O) groups excluding carboxylic acids is 3. The summed E-state index contributed by atoms with van der Waals surface area (Å²) in [6, 6.07) is 0. The number of carbonyl (C=O) groups is 3. The second-order valence-electron chi connectivity index (χ2n) is 23.4. The van der Waals surface area contributed by atoms with Crippen LogP contribution in [0.2, 0.25) is 0 Å². The summed E-state index contributed by atoms with van der Waals surface area (Å²) in [4.78, 5) is 38.5. The number of hydrogen-bond donors (Lipinski definition) is 0. The van der Waals surface area contributed by atoms with E-state index in [2.05, 4.69) is 106 Å². The maximum atomic E-state index is 13.0. The first-order valence-electron chi connectivity index (χ1n) is 35.1. The Kier molecular flexibility index (Phi) is 66.2. The fourth-order valence-corrected chi connectivity index (χ4v) is 10.1. The van der Waals surface area contributed by atoms with Gasteiger partial charge in [-0.1, -0.05) is 305 Å². The zero-order valence-electron chi connectivity index (χ0n) is 53.8. The molecule has 81 heavy (non-hydrogen) atoms. The molecule has 0 radical (unpaired) electrons. The number of rotatable bonds is 64. The molecule has 0 heterocycles. The molecule has 0 aliphatic heterocycles. The van der Waals surface area contributed by atoms with Crippen molar-refractivity contribution in [1.82, 2.24) is 0 Å². The molecule has 0 N–H and O–H groups in total. The van der Waals surface area contributed by atoms with Crippen LogP contribution < -0.4 is 0 Å². The third kappa shape index (κ3) is 67.3. The normalized spacial score (nSPS) is 12.6.